The van der Waals surface area contributed by atoms with Gasteiger partial charge in [-0.2, -0.15) is 8.78 Å². The number of imide groups is 1. The smallest absolute Gasteiger partial charge is 0.365 e. The van der Waals surface area contributed by atoms with E-state index in [1.165, 1.54) is 18.7 Å². The third-order valence-electron chi connectivity index (χ3n) is 6.12. The van der Waals surface area contributed by atoms with Crippen LogP contribution < -0.4 is 10.2 Å². The van der Waals surface area contributed by atoms with Crippen molar-refractivity contribution in [1.82, 2.24) is 9.88 Å². The van der Waals surface area contributed by atoms with Crippen LogP contribution in [0.2, 0.25) is 0 Å². The number of benzene rings is 1. The number of nitrogens with zero attached hydrogens (tertiary/aromatic N) is 3. The van der Waals surface area contributed by atoms with Crippen molar-refractivity contribution in [1.29, 1.82) is 0 Å². The number of aliphatic hydroxyl groups is 2. The maximum atomic E-state index is 14.3. The Morgan fingerprint density at radius 1 is 1.08 bits per heavy atom. The molecule has 0 radical (unpaired) electrons. The minimum Gasteiger partial charge on any atom is -0.365 e. The van der Waals surface area contributed by atoms with E-state index in [0.29, 0.717) is 22.3 Å². The Morgan fingerprint density at radius 3 is 2.33 bits per heavy atom. The Kier molecular flexibility index (Phi) is 5.52. The van der Waals surface area contributed by atoms with Crippen molar-refractivity contribution in [2.75, 3.05) is 10.2 Å². The van der Waals surface area contributed by atoms with Crippen LogP contribution in [0.1, 0.15) is 45.7 Å². The minimum absolute atomic E-state index is 0.0107. The lowest BCUT2D eigenvalue weighted by Gasteiger charge is -2.28. The summed E-state index contributed by atoms with van der Waals surface area (Å²) < 4.78 is 52.8. The van der Waals surface area contributed by atoms with E-state index in [2.05, 4.69) is 10.3 Å². The van der Waals surface area contributed by atoms with Crippen molar-refractivity contribution < 1.29 is 37.0 Å². The summed E-state index contributed by atoms with van der Waals surface area (Å²) in [7, 11) is -5.39. The number of fused-ring (bicyclic) bond motifs is 1. The highest BCUT2D eigenvalue weighted by Crippen LogP contribution is 2.52. The molecule has 2 aromatic rings. The molecule has 4 rings (SSSR count). The third-order valence-corrected chi connectivity index (χ3v) is 8.02. The standard InChI is InChI=1S/C23H26F2N4O6S/c1-20(2,3)27-17-10-13(8-9-26-17)12-28-19(31)29(18(30)21(28,4)5)14-6-7-16-15(11-14)22(32,33)23(24,25)36(16,34)35/h6-11,32-33H,12H2,1-5H3,(H,26,27). The first kappa shape index (κ1) is 25.9. The monoisotopic (exact) mass is 524 g/mol. The Bertz CT molecular complexity index is 1390. The summed E-state index contributed by atoms with van der Waals surface area (Å²) in [6.45, 7) is 8.90. The highest BCUT2D eigenvalue weighted by Gasteiger charge is 2.70. The molecule has 10 nitrogen and oxygen atoms in total. The zero-order chi connectivity index (χ0) is 27.1. The number of rotatable bonds is 4. The number of pyridine rings is 1. The summed E-state index contributed by atoms with van der Waals surface area (Å²) in [6, 6.07) is 5.06. The molecule has 0 atom stereocenters. The van der Waals surface area contributed by atoms with Crippen LogP contribution in [0.3, 0.4) is 0 Å². The Hall–Kier alpha value is -3.16. The first-order valence-electron chi connectivity index (χ1n) is 10.9. The maximum Gasteiger partial charge on any atom is 0.406 e. The van der Waals surface area contributed by atoms with Crippen LogP contribution in [-0.2, 0) is 27.0 Å². The number of aromatic nitrogens is 1. The second-order valence-electron chi connectivity index (χ2n) is 10.4. The van der Waals surface area contributed by atoms with E-state index in [0.717, 1.165) is 12.1 Å². The number of hydrogen-bond donors (Lipinski definition) is 3. The lowest BCUT2D eigenvalue weighted by Crippen LogP contribution is -2.44. The van der Waals surface area contributed by atoms with Crippen molar-refractivity contribution in [3.8, 4) is 0 Å². The van der Waals surface area contributed by atoms with Crippen molar-refractivity contribution in [3.05, 3.63) is 47.7 Å². The summed E-state index contributed by atoms with van der Waals surface area (Å²) in [4.78, 5) is 31.9. The number of halogens is 2. The number of sulfone groups is 1. The van der Waals surface area contributed by atoms with Crippen LogP contribution in [0.15, 0.2) is 41.4 Å². The van der Waals surface area contributed by atoms with Gasteiger partial charge in [-0.05, 0) is 70.5 Å². The van der Waals surface area contributed by atoms with Crippen molar-refractivity contribution >= 4 is 33.3 Å². The minimum atomic E-state index is -5.39. The van der Waals surface area contributed by atoms with Gasteiger partial charge in [0.15, 0.2) is 0 Å². The van der Waals surface area contributed by atoms with Crippen LogP contribution in [-0.4, -0.2) is 56.8 Å². The zero-order valence-electron chi connectivity index (χ0n) is 20.2. The highest BCUT2D eigenvalue weighted by atomic mass is 32.2. The quantitative estimate of drug-likeness (QED) is 0.410. The van der Waals surface area contributed by atoms with E-state index in [9.17, 15) is 37.0 Å². The Balaban J connectivity index is 1.70. The number of carbonyl (C=O) groups excluding carboxylic acids is 2. The molecule has 36 heavy (non-hydrogen) atoms. The predicted molar refractivity (Wildman–Crippen MR) is 125 cm³/mol. The molecule has 1 saturated heterocycles. The predicted octanol–water partition coefficient (Wildman–Crippen LogP) is 2.56. The lowest BCUT2D eigenvalue weighted by molar-refractivity contribution is -0.264. The van der Waals surface area contributed by atoms with Crippen LogP contribution in [0.5, 0.6) is 0 Å². The molecular weight excluding hydrogens is 498 g/mol. The van der Waals surface area contributed by atoms with Gasteiger partial charge in [-0.1, -0.05) is 0 Å². The zero-order valence-corrected chi connectivity index (χ0v) is 21.0. The van der Waals surface area contributed by atoms with Crippen molar-refractivity contribution in [2.45, 2.75) is 68.2 Å². The summed E-state index contributed by atoms with van der Waals surface area (Å²) in [5, 5.41) is 18.3. The fourth-order valence-electron chi connectivity index (χ4n) is 4.18. The summed E-state index contributed by atoms with van der Waals surface area (Å²) >= 11 is 0. The van der Waals surface area contributed by atoms with Gasteiger partial charge in [0.05, 0.1) is 10.6 Å². The molecule has 1 aromatic carbocycles. The van der Waals surface area contributed by atoms with E-state index >= 15 is 0 Å². The summed E-state index contributed by atoms with van der Waals surface area (Å²) in [6.07, 6.45) is 1.56. The summed E-state index contributed by atoms with van der Waals surface area (Å²) in [5.74, 6) is -4.18. The van der Waals surface area contributed by atoms with Crippen LogP contribution in [0, 0.1) is 0 Å². The molecule has 0 aliphatic carbocycles. The molecule has 13 heteroatoms. The highest BCUT2D eigenvalue weighted by molar-refractivity contribution is 7.93. The second-order valence-corrected chi connectivity index (χ2v) is 12.3. The lowest BCUT2D eigenvalue weighted by atomic mass is 10.0. The van der Waals surface area contributed by atoms with Crippen LogP contribution in [0.4, 0.5) is 25.1 Å². The van der Waals surface area contributed by atoms with E-state index < -0.39 is 48.8 Å². The van der Waals surface area contributed by atoms with Gasteiger partial charge in [0.2, 0.25) is 9.84 Å². The normalized spacial score (nSPS) is 21.6. The van der Waals surface area contributed by atoms with Gasteiger partial charge in [0.25, 0.3) is 11.7 Å². The van der Waals surface area contributed by atoms with Gasteiger partial charge < -0.3 is 20.4 Å². The van der Waals surface area contributed by atoms with Gasteiger partial charge in [-0.15, -0.1) is 0 Å². The Labute approximate surface area is 206 Å². The van der Waals surface area contributed by atoms with Gasteiger partial charge >= 0.3 is 11.3 Å². The SMILES string of the molecule is CC(C)(C)Nc1cc(CN2C(=O)N(c3ccc4c(c3)C(O)(O)C(F)(F)S4(=O)=O)C(=O)C2(C)C)ccn1. The molecule has 1 fully saturated rings. The fourth-order valence-corrected chi connectivity index (χ4v) is 5.68. The number of hydrogen-bond acceptors (Lipinski definition) is 8. The molecular formula is C23H26F2N4O6S. The third kappa shape index (κ3) is 3.64. The number of urea groups is 1. The van der Waals surface area contributed by atoms with E-state index in [1.54, 1.807) is 18.3 Å². The molecule has 3 heterocycles. The molecule has 1 aromatic heterocycles. The first-order valence-corrected chi connectivity index (χ1v) is 12.4. The number of carbonyl (C=O) groups is 2. The number of amides is 3. The molecule has 194 valence electrons. The van der Waals surface area contributed by atoms with Gasteiger partial charge in [0.1, 0.15) is 11.4 Å². The van der Waals surface area contributed by atoms with Crippen molar-refractivity contribution in [2.24, 2.45) is 0 Å². The number of alkyl halides is 2. The molecule has 0 bridgehead atoms. The molecule has 2 aliphatic rings. The number of nitrogens with one attached hydrogen (secondary N) is 1. The average molecular weight is 525 g/mol. The van der Waals surface area contributed by atoms with E-state index in [4.69, 9.17) is 0 Å². The number of anilines is 2. The van der Waals surface area contributed by atoms with Crippen LogP contribution >= 0.6 is 0 Å². The molecule has 0 unspecified atom stereocenters. The Morgan fingerprint density at radius 2 is 1.72 bits per heavy atom. The molecule has 0 saturated carbocycles. The maximum absolute atomic E-state index is 14.3. The van der Waals surface area contributed by atoms with E-state index in [-0.39, 0.29) is 17.8 Å². The van der Waals surface area contributed by atoms with E-state index in [1.807, 2.05) is 20.8 Å². The van der Waals surface area contributed by atoms with Gasteiger partial charge in [-0.25, -0.2) is 23.1 Å². The van der Waals surface area contributed by atoms with Crippen molar-refractivity contribution in [3.63, 3.8) is 0 Å². The first-order chi connectivity index (χ1) is 16.3. The molecule has 2 aliphatic heterocycles. The molecule has 3 N–H and O–H groups in total. The molecule has 0 spiro atoms. The average Bonchev–Trinajstić information content (AvgIpc) is 2.97. The second kappa shape index (κ2) is 7.67. The topological polar surface area (TPSA) is 140 Å². The molecule has 3 amide bonds. The fraction of sp³-hybridized carbons (Fsp3) is 0.435. The van der Waals surface area contributed by atoms with Gasteiger partial charge in [0, 0.05) is 23.8 Å². The van der Waals surface area contributed by atoms with Crippen LogP contribution in [0.25, 0.3) is 0 Å². The summed E-state index contributed by atoms with van der Waals surface area (Å²) in [5.41, 5.74) is -2.26. The van der Waals surface area contributed by atoms with Gasteiger partial charge in [-0.3, -0.25) is 4.79 Å². The largest absolute Gasteiger partial charge is 0.406 e.